The van der Waals surface area contributed by atoms with Crippen LogP contribution in [0.1, 0.15) is 24.5 Å². The van der Waals surface area contributed by atoms with Gasteiger partial charge >= 0.3 is 5.97 Å². The topological polar surface area (TPSA) is 66.4 Å². The van der Waals surface area contributed by atoms with Gasteiger partial charge in [-0.2, -0.15) is 0 Å². The van der Waals surface area contributed by atoms with Gasteiger partial charge in [0.2, 0.25) is 0 Å². The first-order valence-corrected chi connectivity index (χ1v) is 7.86. The normalized spacial score (nSPS) is 21.0. The molecule has 0 amide bonds. The molecular formula is C20H17O4-. The average molecular weight is 321 g/mol. The molecule has 1 heterocycles. The van der Waals surface area contributed by atoms with E-state index >= 15 is 0 Å². The number of ether oxygens (including phenoxy) is 1. The second-order valence-corrected chi connectivity index (χ2v) is 5.73. The van der Waals surface area contributed by atoms with Gasteiger partial charge in [-0.1, -0.05) is 67.6 Å². The van der Waals surface area contributed by atoms with Crippen molar-refractivity contribution in [2.24, 2.45) is 5.92 Å². The third kappa shape index (κ3) is 2.50. The van der Waals surface area contributed by atoms with Gasteiger partial charge in [-0.15, -0.1) is 0 Å². The predicted molar refractivity (Wildman–Crippen MR) is 87.4 cm³/mol. The monoisotopic (exact) mass is 321 g/mol. The van der Waals surface area contributed by atoms with E-state index in [9.17, 15) is 14.7 Å². The molecule has 24 heavy (non-hydrogen) atoms. The smallest absolute Gasteiger partial charge is 0.332 e. The Morgan fingerprint density at radius 2 is 1.67 bits per heavy atom. The molecule has 1 aliphatic rings. The zero-order chi connectivity index (χ0) is 17.2. The van der Waals surface area contributed by atoms with E-state index in [4.69, 9.17) is 4.74 Å². The fraction of sp³-hybridized carbons (Fsp3) is 0.200. The Kier molecular flexibility index (Phi) is 4.21. The first-order chi connectivity index (χ1) is 11.6. The maximum atomic E-state index is 12.1. The lowest BCUT2D eigenvalue weighted by molar-refractivity contribution is -0.316. The van der Waals surface area contributed by atoms with Crippen LogP contribution in [0.25, 0.3) is 5.57 Å². The number of benzene rings is 2. The number of cyclic esters (lactones) is 1. The van der Waals surface area contributed by atoms with Crippen LogP contribution >= 0.6 is 0 Å². The zero-order valence-electron chi connectivity index (χ0n) is 13.3. The van der Waals surface area contributed by atoms with Gasteiger partial charge in [-0.05, 0) is 12.0 Å². The molecule has 3 rings (SSSR count). The molecule has 0 spiro atoms. The summed E-state index contributed by atoms with van der Waals surface area (Å²) in [5.41, 5.74) is 0.553. The number of aliphatic carboxylic acids is 1. The maximum absolute atomic E-state index is 12.1. The van der Waals surface area contributed by atoms with Gasteiger partial charge in [0, 0.05) is 29.1 Å². The summed E-state index contributed by atoms with van der Waals surface area (Å²) < 4.78 is 5.66. The molecule has 0 fully saturated rings. The minimum atomic E-state index is -1.38. The third-order valence-corrected chi connectivity index (χ3v) is 4.39. The number of hydrogen-bond donors (Lipinski definition) is 0. The van der Waals surface area contributed by atoms with Crippen molar-refractivity contribution in [2.45, 2.75) is 18.9 Å². The van der Waals surface area contributed by atoms with Crippen LogP contribution in [-0.4, -0.2) is 11.9 Å². The molecule has 4 nitrogen and oxygen atoms in total. The summed E-state index contributed by atoms with van der Waals surface area (Å²) in [5, 5.41) is 11.8. The first-order valence-electron chi connectivity index (χ1n) is 7.86. The number of carboxylic acid groups (broad SMARTS) is 1. The average Bonchev–Trinajstić information content (AvgIpc) is 2.95. The molecule has 0 aromatic heterocycles. The van der Waals surface area contributed by atoms with Crippen molar-refractivity contribution >= 4 is 17.5 Å². The minimum Gasteiger partial charge on any atom is -0.550 e. The molecule has 1 aliphatic heterocycles. The fourth-order valence-electron chi connectivity index (χ4n) is 3.36. The standard InChI is InChI=1S/C20H18O4/c1-2-16(19(22)23)20(15-11-7-4-8-12-15)17(13-18(21)24-20)14-9-5-3-6-10-14/h3-13,16H,2H2,1H3,(H,22,23)/p-1. The van der Waals surface area contributed by atoms with Crippen molar-refractivity contribution in [3.05, 3.63) is 77.9 Å². The van der Waals surface area contributed by atoms with E-state index in [2.05, 4.69) is 0 Å². The summed E-state index contributed by atoms with van der Waals surface area (Å²) in [7, 11) is 0. The van der Waals surface area contributed by atoms with Crippen molar-refractivity contribution < 1.29 is 19.4 Å². The Labute approximate surface area is 140 Å². The number of carbonyl (C=O) groups is 2. The highest BCUT2D eigenvalue weighted by Gasteiger charge is 2.51. The highest BCUT2D eigenvalue weighted by molar-refractivity contribution is 6.00. The van der Waals surface area contributed by atoms with Crippen molar-refractivity contribution in [1.29, 1.82) is 0 Å². The Balaban J connectivity index is 2.27. The third-order valence-electron chi connectivity index (χ3n) is 4.39. The Hall–Kier alpha value is -2.88. The van der Waals surface area contributed by atoms with Gasteiger partial charge in [0.05, 0.1) is 0 Å². The second kappa shape index (κ2) is 6.32. The summed E-state index contributed by atoms with van der Waals surface area (Å²) >= 11 is 0. The molecule has 0 radical (unpaired) electrons. The van der Waals surface area contributed by atoms with Gasteiger partial charge in [0.15, 0.2) is 5.60 Å². The Morgan fingerprint density at radius 3 is 2.21 bits per heavy atom. The molecule has 0 N–H and O–H groups in total. The van der Waals surface area contributed by atoms with Gasteiger partial charge in [0.1, 0.15) is 0 Å². The molecule has 0 saturated carbocycles. The van der Waals surface area contributed by atoms with E-state index in [0.717, 1.165) is 5.56 Å². The molecule has 4 heteroatoms. The maximum Gasteiger partial charge on any atom is 0.332 e. The van der Waals surface area contributed by atoms with Gasteiger partial charge < -0.3 is 14.6 Å². The molecule has 0 aliphatic carbocycles. The summed E-state index contributed by atoms with van der Waals surface area (Å²) in [5.74, 6) is -2.77. The van der Waals surface area contributed by atoms with Crippen molar-refractivity contribution in [3.8, 4) is 0 Å². The van der Waals surface area contributed by atoms with E-state index in [0.29, 0.717) is 11.1 Å². The quantitative estimate of drug-likeness (QED) is 0.793. The van der Waals surface area contributed by atoms with Crippen molar-refractivity contribution in [2.75, 3.05) is 0 Å². The molecule has 2 aromatic rings. The van der Waals surface area contributed by atoms with E-state index in [-0.39, 0.29) is 6.42 Å². The lowest BCUT2D eigenvalue weighted by atomic mass is 9.73. The molecule has 0 bridgehead atoms. The van der Waals surface area contributed by atoms with Crippen LogP contribution in [0.4, 0.5) is 0 Å². The number of hydrogen-bond acceptors (Lipinski definition) is 4. The lowest BCUT2D eigenvalue weighted by Gasteiger charge is -2.39. The SMILES string of the molecule is CCC(C(=O)[O-])C1(c2ccccc2)OC(=O)C=C1c1ccccc1. The van der Waals surface area contributed by atoms with Gasteiger partial charge in [-0.25, -0.2) is 4.79 Å². The largest absolute Gasteiger partial charge is 0.550 e. The predicted octanol–water partition coefficient (Wildman–Crippen LogP) is 2.30. The van der Waals surface area contributed by atoms with Gasteiger partial charge in [-0.3, -0.25) is 0 Å². The second-order valence-electron chi connectivity index (χ2n) is 5.73. The molecule has 0 saturated heterocycles. The van der Waals surface area contributed by atoms with E-state index in [1.165, 1.54) is 6.08 Å². The van der Waals surface area contributed by atoms with Crippen LogP contribution in [0.3, 0.4) is 0 Å². The summed E-state index contributed by atoms with van der Waals surface area (Å²) in [6.07, 6.45) is 1.66. The first kappa shape index (κ1) is 16.0. The molecule has 2 atom stereocenters. The van der Waals surface area contributed by atoms with Crippen LogP contribution in [-0.2, 0) is 19.9 Å². The van der Waals surface area contributed by atoms with E-state index in [1.807, 2.05) is 36.4 Å². The molecule has 2 unspecified atom stereocenters. The minimum absolute atomic E-state index is 0.273. The lowest BCUT2D eigenvalue weighted by Crippen LogP contribution is -2.47. The van der Waals surface area contributed by atoms with E-state index < -0.39 is 23.5 Å². The number of carbonyl (C=O) groups excluding carboxylic acids is 2. The van der Waals surface area contributed by atoms with E-state index in [1.54, 1.807) is 31.2 Å². The van der Waals surface area contributed by atoms with Crippen LogP contribution in [0.15, 0.2) is 66.7 Å². The fourth-order valence-corrected chi connectivity index (χ4v) is 3.36. The number of carboxylic acids is 1. The molecule has 122 valence electrons. The number of esters is 1. The molecular weight excluding hydrogens is 304 g/mol. The van der Waals surface area contributed by atoms with Crippen LogP contribution in [0.2, 0.25) is 0 Å². The molecule has 2 aromatic carbocycles. The van der Waals surface area contributed by atoms with Crippen LogP contribution < -0.4 is 5.11 Å². The highest BCUT2D eigenvalue weighted by atomic mass is 16.6. The van der Waals surface area contributed by atoms with Crippen LogP contribution in [0, 0.1) is 5.92 Å². The Bertz CT molecular complexity index is 780. The zero-order valence-corrected chi connectivity index (χ0v) is 13.3. The highest BCUT2D eigenvalue weighted by Crippen LogP contribution is 2.49. The summed E-state index contributed by atoms with van der Waals surface area (Å²) in [4.78, 5) is 24.0. The number of rotatable bonds is 5. The summed E-state index contributed by atoms with van der Waals surface area (Å²) in [6.45, 7) is 1.75. The van der Waals surface area contributed by atoms with Crippen LogP contribution in [0.5, 0.6) is 0 Å². The van der Waals surface area contributed by atoms with Gasteiger partial charge in [0.25, 0.3) is 0 Å². The van der Waals surface area contributed by atoms with Crippen molar-refractivity contribution in [1.82, 2.24) is 0 Å². The summed E-state index contributed by atoms with van der Waals surface area (Å²) in [6, 6.07) is 18.2. The van der Waals surface area contributed by atoms with Crippen molar-refractivity contribution in [3.63, 3.8) is 0 Å². The Morgan fingerprint density at radius 1 is 1.08 bits per heavy atom.